The van der Waals surface area contributed by atoms with Gasteiger partial charge < -0.3 is 15.4 Å². The topological polar surface area (TPSA) is 79.4 Å². The molecule has 0 spiro atoms. The SMILES string of the molecule is COc1cc2ncnc(Nc3ccc(Cl)c(F)c3)c2cc1NC(=O)/C=C/CN1CCCCC1. The maximum absolute atomic E-state index is 13.8. The minimum atomic E-state index is -0.536. The molecule has 9 heteroatoms. The highest BCUT2D eigenvalue weighted by Crippen LogP contribution is 2.33. The molecule has 172 valence electrons. The normalized spacial score (nSPS) is 14.5. The molecule has 3 aromatic rings. The summed E-state index contributed by atoms with van der Waals surface area (Å²) < 4.78 is 19.3. The Balaban J connectivity index is 1.55. The minimum Gasteiger partial charge on any atom is -0.494 e. The number of likely N-dealkylation sites (tertiary alicyclic amines) is 1. The highest BCUT2D eigenvalue weighted by molar-refractivity contribution is 6.30. The number of anilines is 3. The van der Waals surface area contributed by atoms with Crippen molar-refractivity contribution in [2.75, 3.05) is 37.4 Å². The molecule has 1 amide bonds. The van der Waals surface area contributed by atoms with Gasteiger partial charge in [-0.05, 0) is 50.2 Å². The predicted octanol–water partition coefficient (Wildman–Crippen LogP) is 5.16. The van der Waals surface area contributed by atoms with Gasteiger partial charge in [0.2, 0.25) is 5.91 Å². The van der Waals surface area contributed by atoms with Gasteiger partial charge in [0.05, 0.1) is 23.3 Å². The third-order valence-electron chi connectivity index (χ3n) is 5.48. The molecule has 1 fully saturated rings. The van der Waals surface area contributed by atoms with Crippen LogP contribution in [0.5, 0.6) is 5.75 Å². The highest BCUT2D eigenvalue weighted by Gasteiger charge is 2.13. The predicted molar refractivity (Wildman–Crippen MR) is 129 cm³/mol. The molecule has 0 unspecified atom stereocenters. The summed E-state index contributed by atoms with van der Waals surface area (Å²) >= 11 is 5.77. The first kappa shape index (κ1) is 22.9. The number of hydrogen-bond donors (Lipinski definition) is 2. The maximum Gasteiger partial charge on any atom is 0.248 e. The van der Waals surface area contributed by atoms with Crippen molar-refractivity contribution in [3.63, 3.8) is 0 Å². The third kappa shape index (κ3) is 5.77. The minimum absolute atomic E-state index is 0.0381. The van der Waals surface area contributed by atoms with E-state index in [0.29, 0.717) is 33.8 Å². The van der Waals surface area contributed by atoms with Gasteiger partial charge in [-0.25, -0.2) is 14.4 Å². The van der Waals surface area contributed by atoms with Crippen LogP contribution in [0.2, 0.25) is 5.02 Å². The fourth-order valence-corrected chi connectivity index (χ4v) is 3.90. The van der Waals surface area contributed by atoms with Crippen LogP contribution in [0.4, 0.5) is 21.6 Å². The fourth-order valence-electron chi connectivity index (χ4n) is 3.79. The van der Waals surface area contributed by atoms with E-state index < -0.39 is 5.82 Å². The van der Waals surface area contributed by atoms with Crippen LogP contribution < -0.4 is 15.4 Å². The number of rotatable bonds is 7. The number of ether oxygens (including phenoxy) is 1. The van der Waals surface area contributed by atoms with Crippen molar-refractivity contribution >= 4 is 45.6 Å². The average Bonchev–Trinajstić information content (AvgIpc) is 2.82. The summed E-state index contributed by atoms with van der Waals surface area (Å²) in [5, 5.41) is 6.63. The second-order valence-corrected chi connectivity index (χ2v) is 8.21. The van der Waals surface area contributed by atoms with Gasteiger partial charge in [0.1, 0.15) is 23.7 Å². The Hall–Kier alpha value is -3.23. The lowest BCUT2D eigenvalue weighted by Gasteiger charge is -2.24. The molecule has 4 rings (SSSR count). The zero-order valence-electron chi connectivity index (χ0n) is 18.3. The Bertz CT molecular complexity index is 1180. The molecule has 0 aliphatic carbocycles. The van der Waals surface area contributed by atoms with Crippen LogP contribution in [0.1, 0.15) is 19.3 Å². The first-order chi connectivity index (χ1) is 16.0. The van der Waals surface area contributed by atoms with Crippen LogP contribution in [0, 0.1) is 5.82 Å². The summed E-state index contributed by atoms with van der Waals surface area (Å²) in [5.74, 6) is 0.143. The molecule has 2 aromatic carbocycles. The number of benzene rings is 2. The quantitative estimate of drug-likeness (QED) is 0.465. The number of carbonyl (C=O) groups excluding carboxylic acids is 1. The van der Waals surface area contributed by atoms with E-state index in [4.69, 9.17) is 16.3 Å². The molecule has 1 aromatic heterocycles. The van der Waals surface area contributed by atoms with Gasteiger partial charge in [-0.3, -0.25) is 9.69 Å². The molecule has 1 aliphatic rings. The monoisotopic (exact) mass is 469 g/mol. The van der Waals surface area contributed by atoms with E-state index in [1.807, 2.05) is 6.08 Å². The molecular weight excluding hydrogens is 445 g/mol. The van der Waals surface area contributed by atoms with Gasteiger partial charge >= 0.3 is 0 Å². The Morgan fingerprint density at radius 2 is 2.03 bits per heavy atom. The summed E-state index contributed by atoms with van der Waals surface area (Å²) in [5.41, 5.74) is 1.58. The zero-order valence-corrected chi connectivity index (χ0v) is 19.0. The molecule has 1 aliphatic heterocycles. The fraction of sp³-hybridized carbons (Fsp3) is 0.292. The molecule has 0 saturated carbocycles. The third-order valence-corrected chi connectivity index (χ3v) is 5.78. The number of piperidine rings is 1. The smallest absolute Gasteiger partial charge is 0.248 e. The van der Waals surface area contributed by atoms with Gasteiger partial charge in [0.15, 0.2) is 0 Å². The van der Waals surface area contributed by atoms with E-state index in [9.17, 15) is 9.18 Å². The van der Waals surface area contributed by atoms with E-state index >= 15 is 0 Å². The largest absolute Gasteiger partial charge is 0.494 e. The van der Waals surface area contributed by atoms with Gasteiger partial charge in [-0.2, -0.15) is 0 Å². The van der Waals surface area contributed by atoms with E-state index in [1.54, 1.807) is 18.2 Å². The van der Waals surface area contributed by atoms with Crippen molar-refractivity contribution in [3.8, 4) is 5.75 Å². The lowest BCUT2D eigenvalue weighted by atomic mass is 10.1. The summed E-state index contributed by atoms with van der Waals surface area (Å²) in [4.78, 5) is 23.4. The molecule has 0 bridgehead atoms. The lowest BCUT2D eigenvalue weighted by Crippen LogP contribution is -2.29. The standard InChI is InChI=1S/C24H25ClFN5O2/c1-33-22-14-20-17(24(28-15-27-20)29-16-7-8-18(25)19(26)12-16)13-21(22)30-23(32)6-5-11-31-9-3-2-4-10-31/h5-8,12-15H,2-4,9-11H2,1H3,(H,30,32)(H,27,28,29)/b6-5+. The summed E-state index contributed by atoms with van der Waals surface area (Å²) in [6.45, 7) is 2.89. The number of hydrogen-bond acceptors (Lipinski definition) is 6. The second-order valence-electron chi connectivity index (χ2n) is 7.80. The Morgan fingerprint density at radius 1 is 1.21 bits per heavy atom. The molecule has 33 heavy (non-hydrogen) atoms. The zero-order chi connectivity index (χ0) is 23.2. The van der Waals surface area contributed by atoms with Crippen molar-refractivity contribution < 1.29 is 13.9 Å². The van der Waals surface area contributed by atoms with Crippen LogP contribution >= 0.6 is 11.6 Å². The maximum atomic E-state index is 13.8. The van der Waals surface area contributed by atoms with Crippen molar-refractivity contribution in [2.24, 2.45) is 0 Å². The number of carbonyl (C=O) groups is 1. The van der Waals surface area contributed by atoms with Crippen molar-refractivity contribution in [1.29, 1.82) is 0 Å². The molecule has 0 radical (unpaired) electrons. The van der Waals surface area contributed by atoms with E-state index in [0.717, 1.165) is 19.6 Å². The van der Waals surface area contributed by atoms with Gasteiger partial charge in [0.25, 0.3) is 0 Å². The summed E-state index contributed by atoms with van der Waals surface area (Å²) in [7, 11) is 1.53. The van der Waals surface area contributed by atoms with E-state index in [-0.39, 0.29) is 10.9 Å². The van der Waals surface area contributed by atoms with Crippen LogP contribution in [0.3, 0.4) is 0 Å². The van der Waals surface area contributed by atoms with Gasteiger partial charge in [-0.1, -0.05) is 24.1 Å². The lowest BCUT2D eigenvalue weighted by molar-refractivity contribution is -0.111. The number of aromatic nitrogens is 2. The van der Waals surface area contributed by atoms with Crippen molar-refractivity contribution in [2.45, 2.75) is 19.3 Å². The highest BCUT2D eigenvalue weighted by atomic mass is 35.5. The van der Waals surface area contributed by atoms with Gasteiger partial charge in [0, 0.05) is 29.8 Å². The van der Waals surface area contributed by atoms with Crippen molar-refractivity contribution in [3.05, 3.63) is 59.7 Å². The number of nitrogens with zero attached hydrogens (tertiary/aromatic N) is 3. The van der Waals surface area contributed by atoms with Crippen LogP contribution in [0.25, 0.3) is 10.9 Å². The van der Waals surface area contributed by atoms with Crippen LogP contribution in [-0.2, 0) is 4.79 Å². The second kappa shape index (κ2) is 10.6. The molecular formula is C24H25ClFN5O2. The Morgan fingerprint density at radius 3 is 2.79 bits per heavy atom. The van der Waals surface area contributed by atoms with Crippen LogP contribution in [0.15, 0.2) is 48.8 Å². The molecule has 0 atom stereocenters. The molecule has 2 N–H and O–H groups in total. The van der Waals surface area contributed by atoms with Crippen molar-refractivity contribution in [1.82, 2.24) is 14.9 Å². The number of fused-ring (bicyclic) bond motifs is 1. The number of methoxy groups -OCH3 is 1. The molecule has 2 heterocycles. The molecule has 7 nitrogen and oxygen atoms in total. The number of nitrogens with one attached hydrogen (secondary N) is 2. The van der Waals surface area contributed by atoms with E-state index in [2.05, 4.69) is 25.5 Å². The Labute approximate surface area is 196 Å². The summed E-state index contributed by atoms with van der Waals surface area (Å²) in [6, 6.07) is 7.86. The van der Waals surface area contributed by atoms with E-state index in [1.165, 1.54) is 50.9 Å². The Kier molecular flexibility index (Phi) is 7.36. The van der Waals surface area contributed by atoms with Gasteiger partial charge in [-0.15, -0.1) is 0 Å². The molecule has 1 saturated heterocycles. The number of amides is 1. The number of halogens is 2. The first-order valence-electron chi connectivity index (χ1n) is 10.8. The van der Waals surface area contributed by atoms with Crippen LogP contribution in [-0.4, -0.2) is 47.5 Å². The average molecular weight is 470 g/mol. The first-order valence-corrected chi connectivity index (χ1v) is 11.2. The summed E-state index contributed by atoms with van der Waals surface area (Å²) in [6.07, 6.45) is 8.49.